The number of amides is 2. The Balaban J connectivity index is 2.12. The van der Waals surface area contributed by atoms with Crippen molar-refractivity contribution in [2.45, 2.75) is 19.9 Å². The zero-order valence-corrected chi connectivity index (χ0v) is 10.2. The number of benzene rings is 1. The summed E-state index contributed by atoms with van der Waals surface area (Å²) < 4.78 is 13.0. The number of nitrogens with zero attached hydrogens (tertiary/aromatic N) is 1. The van der Waals surface area contributed by atoms with E-state index in [0.717, 1.165) is 11.1 Å². The molecule has 2 rings (SSSR count). The molecule has 96 valence electrons. The third-order valence-corrected chi connectivity index (χ3v) is 3.06. The number of hydrogen-bond acceptors (Lipinski definition) is 2. The Morgan fingerprint density at radius 1 is 1.39 bits per heavy atom. The second-order valence-corrected chi connectivity index (χ2v) is 4.41. The third kappa shape index (κ3) is 2.85. The molecule has 4 nitrogen and oxygen atoms in total. The Morgan fingerprint density at radius 3 is 2.89 bits per heavy atom. The first-order valence-electron chi connectivity index (χ1n) is 5.86. The van der Waals surface area contributed by atoms with Crippen LogP contribution in [0.3, 0.4) is 0 Å². The molecule has 0 saturated carbocycles. The van der Waals surface area contributed by atoms with Gasteiger partial charge < -0.3 is 10.2 Å². The lowest BCUT2D eigenvalue weighted by molar-refractivity contribution is -0.130. The van der Waals surface area contributed by atoms with E-state index in [9.17, 15) is 14.0 Å². The molecule has 1 heterocycles. The van der Waals surface area contributed by atoms with Crippen LogP contribution in [0.4, 0.5) is 4.39 Å². The maximum absolute atomic E-state index is 13.0. The van der Waals surface area contributed by atoms with Gasteiger partial charge in [-0.2, -0.15) is 0 Å². The van der Waals surface area contributed by atoms with Crippen LogP contribution in [0, 0.1) is 12.7 Å². The van der Waals surface area contributed by atoms with Crippen molar-refractivity contribution in [3.63, 3.8) is 0 Å². The van der Waals surface area contributed by atoms with Crippen molar-refractivity contribution in [1.82, 2.24) is 10.2 Å². The van der Waals surface area contributed by atoms with Crippen LogP contribution in [0.5, 0.6) is 0 Å². The highest BCUT2D eigenvalue weighted by molar-refractivity contribution is 5.87. The predicted octanol–water partition coefficient (Wildman–Crippen LogP) is 0.983. The zero-order chi connectivity index (χ0) is 13.1. The molecule has 0 bridgehead atoms. The average molecular weight is 250 g/mol. The second-order valence-electron chi connectivity index (χ2n) is 4.41. The monoisotopic (exact) mass is 250 g/mol. The number of hydrogen-bond donors (Lipinski definition) is 1. The van der Waals surface area contributed by atoms with Crippen LogP contribution in [-0.4, -0.2) is 29.8 Å². The topological polar surface area (TPSA) is 49.4 Å². The Bertz CT molecular complexity index is 488. The van der Waals surface area contributed by atoms with Gasteiger partial charge in [0.2, 0.25) is 11.8 Å². The van der Waals surface area contributed by atoms with Crippen LogP contribution in [0.25, 0.3) is 0 Å². The average Bonchev–Trinajstić information content (AvgIpc) is 2.47. The van der Waals surface area contributed by atoms with Crippen molar-refractivity contribution in [2.75, 3.05) is 13.1 Å². The van der Waals surface area contributed by atoms with Gasteiger partial charge in [-0.05, 0) is 30.2 Å². The molecule has 1 aromatic rings. The van der Waals surface area contributed by atoms with Crippen molar-refractivity contribution >= 4 is 11.8 Å². The first-order valence-corrected chi connectivity index (χ1v) is 5.86. The molecule has 0 atom stereocenters. The number of rotatable bonds is 2. The van der Waals surface area contributed by atoms with Gasteiger partial charge in [-0.3, -0.25) is 9.59 Å². The van der Waals surface area contributed by atoms with E-state index in [0.29, 0.717) is 19.5 Å². The van der Waals surface area contributed by atoms with E-state index in [4.69, 9.17) is 0 Å². The lowest BCUT2D eigenvalue weighted by Gasteiger charge is -2.20. The molecular formula is C13H15FN2O2. The molecule has 0 spiro atoms. The van der Waals surface area contributed by atoms with Crippen LogP contribution in [0.1, 0.15) is 17.5 Å². The Hall–Kier alpha value is -1.91. The minimum absolute atomic E-state index is 0.0407. The van der Waals surface area contributed by atoms with E-state index >= 15 is 0 Å². The number of halogens is 1. The maximum atomic E-state index is 13.0. The van der Waals surface area contributed by atoms with Gasteiger partial charge in [0.15, 0.2) is 0 Å². The van der Waals surface area contributed by atoms with Gasteiger partial charge in [0.05, 0.1) is 6.54 Å². The largest absolute Gasteiger partial charge is 0.347 e. The highest BCUT2D eigenvalue weighted by Crippen LogP contribution is 2.13. The molecule has 1 fully saturated rings. The van der Waals surface area contributed by atoms with Crippen LogP contribution in [0.15, 0.2) is 18.2 Å². The van der Waals surface area contributed by atoms with Gasteiger partial charge in [0.25, 0.3) is 0 Å². The molecular weight excluding hydrogens is 235 g/mol. The first-order chi connectivity index (χ1) is 8.56. The van der Waals surface area contributed by atoms with Crippen molar-refractivity contribution in [2.24, 2.45) is 0 Å². The molecule has 0 unspecified atom stereocenters. The number of carbonyl (C=O) groups is 2. The Kier molecular flexibility index (Phi) is 3.60. The predicted molar refractivity (Wildman–Crippen MR) is 64.2 cm³/mol. The van der Waals surface area contributed by atoms with Gasteiger partial charge >= 0.3 is 0 Å². The summed E-state index contributed by atoms with van der Waals surface area (Å²) in [7, 11) is 0. The number of aryl methyl sites for hydroxylation is 1. The normalized spacial score (nSPS) is 16.4. The van der Waals surface area contributed by atoms with E-state index in [-0.39, 0.29) is 24.2 Å². The van der Waals surface area contributed by atoms with Gasteiger partial charge in [-0.25, -0.2) is 4.39 Å². The summed E-state index contributed by atoms with van der Waals surface area (Å²) in [5.74, 6) is -0.499. The minimum Gasteiger partial charge on any atom is -0.347 e. The second kappa shape index (κ2) is 5.16. The number of nitrogens with one attached hydrogen (secondary N) is 1. The van der Waals surface area contributed by atoms with Crippen LogP contribution < -0.4 is 5.32 Å². The molecule has 1 aromatic carbocycles. The van der Waals surface area contributed by atoms with Crippen LogP contribution >= 0.6 is 0 Å². The van der Waals surface area contributed by atoms with E-state index < -0.39 is 0 Å². The molecule has 18 heavy (non-hydrogen) atoms. The van der Waals surface area contributed by atoms with Gasteiger partial charge in [-0.1, -0.05) is 6.07 Å². The van der Waals surface area contributed by atoms with Crippen molar-refractivity contribution < 1.29 is 14.0 Å². The summed E-state index contributed by atoms with van der Waals surface area (Å²) in [6.07, 6.45) is 0.311. The fourth-order valence-corrected chi connectivity index (χ4v) is 1.95. The van der Waals surface area contributed by atoms with Gasteiger partial charge in [0.1, 0.15) is 5.82 Å². The van der Waals surface area contributed by atoms with Gasteiger partial charge in [-0.15, -0.1) is 0 Å². The molecule has 1 N–H and O–H groups in total. The SMILES string of the molecule is Cc1cc(F)ccc1CN1CCC(=O)NCC1=O. The van der Waals surface area contributed by atoms with E-state index in [1.165, 1.54) is 12.1 Å². The number of carbonyl (C=O) groups excluding carboxylic acids is 2. The Morgan fingerprint density at radius 2 is 2.17 bits per heavy atom. The third-order valence-electron chi connectivity index (χ3n) is 3.06. The van der Waals surface area contributed by atoms with Crippen molar-refractivity contribution in [3.8, 4) is 0 Å². The van der Waals surface area contributed by atoms with Gasteiger partial charge in [0, 0.05) is 19.5 Å². The molecule has 5 heteroatoms. The zero-order valence-electron chi connectivity index (χ0n) is 10.2. The highest BCUT2D eigenvalue weighted by atomic mass is 19.1. The quantitative estimate of drug-likeness (QED) is 0.850. The molecule has 0 aromatic heterocycles. The van der Waals surface area contributed by atoms with Crippen molar-refractivity contribution in [3.05, 3.63) is 35.1 Å². The van der Waals surface area contributed by atoms with E-state index in [1.807, 2.05) is 6.92 Å². The summed E-state index contributed by atoms with van der Waals surface area (Å²) >= 11 is 0. The van der Waals surface area contributed by atoms with Crippen LogP contribution in [-0.2, 0) is 16.1 Å². The summed E-state index contributed by atoms with van der Waals surface area (Å²) in [6.45, 7) is 2.67. The molecule has 1 aliphatic heterocycles. The minimum atomic E-state index is -0.282. The van der Waals surface area contributed by atoms with E-state index in [2.05, 4.69) is 5.32 Å². The fourth-order valence-electron chi connectivity index (χ4n) is 1.95. The molecule has 2 amide bonds. The molecule has 1 saturated heterocycles. The smallest absolute Gasteiger partial charge is 0.242 e. The fraction of sp³-hybridized carbons (Fsp3) is 0.385. The van der Waals surface area contributed by atoms with Crippen LogP contribution in [0.2, 0.25) is 0 Å². The lowest BCUT2D eigenvalue weighted by atomic mass is 10.1. The first kappa shape index (κ1) is 12.5. The Labute approximate surface area is 105 Å². The maximum Gasteiger partial charge on any atom is 0.242 e. The lowest BCUT2D eigenvalue weighted by Crippen LogP contribution is -2.34. The highest BCUT2D eigenvalue weighted by Gasteiger charge is 2.20. The summed E-state index contributed by atoms with van der Waals surface area (Å²) in [6, 6.07) is 4.51. The summed E-state index contributed by atoms with van der Waals surface area (Å²) in [4.78, 5) is 24.6. The standard InChI is InChI=1S/C13H15FN2O2/c1-9-6-11(14)3-2-10(9)8-16-5-4-12(17)15-7-13(16)18/h2-3,6H,4-5,7-8H2,1H3,(H,15,17). The molecule has 0 aliphatic carbocycles. The summed E-state index contributed by atoms with van der Waals surface area (Å²) in [5.41, 5.74) is 1.71. The van der Waals surface area contributed by atoms with Crippen molar-refractivity contribution in [1.29, 1.82) is 0 Å². The van der Waals surface area contributed by atoms with E-state index in [1.54, 1.807) is 11.0 Å². The molecule has 1 aliphatic rings. The summed E-state index contributed by atoms with van der Waals surface area (Å²) in [5, 5.41) is 2.54. The molecule has 0 radical (unpaired) electrons.